The number of carbonyl (C=O) groups excluding carboxylic acids is 1. The molecule has 2 aromatic heterocycles. The predicted molar refractivity (Wildman–Crippen MR) is 100 cm³/mol. The van der Waals surface area contributed by atoms with Crippen molar-refractivity contribution in [2.75, 3.05) is 25.0 Å². The maximum Gasteiger partial charge on any atom is 0.272 e. The smallest absolute Gasteiger partial charge is 0.272 e. The van der Waals surface area contributed by atoms with E-state index in [9.17, 15) is 13.6 Å². The van der Waals surface area contributed by atoms with Crippen molar-refractivity contribution in [1.29, 1.82) is 0 Å². The standard InChI is InChI=1S/C18H19F2N5OS/c1-23-10-21-9-14(23)17(26)24(2)12-3-5-25(6-4-12)18-22-16-13(20)7-11(19)8-15(16)27-18/h7-10,12H,3-6H2,1-2H3. The molecule has 0 bridgehead atoms. The third-order valence-corrected chi connectivity index (χ3v) is 6.10. The number of fused-ring (bicyclic) bond motifs is 1. The lowest BCUT2D eigenvalue weighted by atomic mass is 10.0. The number of hydrogen-bond acceptors (Lipinski definition) is 5. The van der Waals surface area contributed by atoms with Gasteiger partial charge in [-0.2, -0.15) is 0 Å². The van der Waals surface area contributed by atoms with Gasteiger partial charge in [-0.3, -0.25) is 4.79 Å². The first kappa shape index (κ1) is 17.8. The summed E-state index contributed by atoms with van der Waals surface area (Å²) >= 11 is 1.29. The molecular weight excluding hydrogens is 372 g/mol. The minimum Gasteiger partial charge on any atom is -0.348 e. The van der Waals surface area contributed by atoms with Gasteiger partial charge in [-0.1, -0.05) is 11.3 Å². The molecular formula is C18H19F2N5OS. The van der Waals surface area contributed by atoms with Crippen molar-refractivity contribution in [3.8, 4) is 0 Å². The number of aryl methyl sites for hydroxylation is 1. The van der Waals surface area contributed by atoms with E-state index in [-0.39, 0.29) is 17.5 Å². The van der Waals surface area contributed by atoms with Crippen LogP contribution in [0.3, 0.4) is 0 Å². The molecule has 27 heavy (non-hydrogen) atoms. The highest BCUT2D eigenvalue weighted by molar-refractivity contribution is 7.22. The van der Waals surface area contributed by atoms with Crippen LogP contribution in [0.1, 0.15) is 23.3 Å². The Morgan fingerprint density at radius 2 is 2.04 bits per heavy atom. The van der Waals surface area contributed by atoms with E-state index < -0.39 is 11.6 Å². The molecule has 0 unspecified atom stereocenters. The van der Waals surface area contributed by atoms with E-state index in [1.807, 2.05) is 7.05 Å². The van der Waals surface area contributed by atoms with E-state index in [2.05, 4.69) is 14.9 Å². The number of rotatable bonds is 3. The average molecular weight is 391 g/mol. The van der Waals surface area contributed by atoms with Gasteiger partial charge in [-0.15, -0.1) is 0 Å². The molecule has 3 heterocycles. The van der Waals surface area contributed by atoms with Crippen molar-refractivity contribution < 1.29 is 13.6 Å². The van der Waals surface area contributed by atoms with Crippen LogP contribution in [0.2, 0.25) is 0 Å². The lowest BCUT2D eigenvalue weighted by Crippen LogP contribution is -2.46. The SMILES string of the molecule is CN(C(=O)c1cncn1C)C1CCN(c2nc3c(F)cc(F)cc3s2)CC1. The molecule has 0 spiro atoms. The molecule has 9 heteroatoms. The quantitative estimate of drug-likeness (QED) is 0.689. The molecule has 1 aromatic carbocycles. The van der Waals surface area contributed by atoms with Gasteiger partial charge in [-0.05, 0) is 18.9 Å². The van der Waals surface area contributed by atoms with Crippen LogP contribution in [0.25, 0.3) is 10.2 Å². The van der Waals surface area contributed by atoms with Crippen molar-refractivity contribution in [2.45, 2.75) is 18.9 Å². The number of halogens is 2. The number of thiazole rings is 1. The molecule has 0 N–H and O–H groups in total. The largest absolute Gasteiger partial charge is 0.348 e. The van der Waals surface area contributed by atoms with Crippen LogP contribution in [0.4, 0.5) is 13.9 Å². The Balaban J connectivity index is 1.45. The van der Waals surface area contributed by atoms with Crippen molar-refractivity contribution in [1.82, 2.24) is 19.4 Å². The second-order valence-electron chi connectivity index (χ2n) is 6.75. The third-order valence-electron chi connectivity index (χ3n) is 5.04. The first-order valence-electron chi connectivity index (χ1n) is 8.68. The summed E-state index contributed by atoms with van der Waals surface area (Å²) in [6.07, 6.45) is 4.75. The number of imidazole rings is 1. The summed E-state index contributed by atoms with van der Waals surface area (Å²) in [4.78, 5) is 24.8. The summed E-state index contributed by atoms with van der Waals surface area (Å²) in [6.45, 7) is 1.41. The van der Waals surface area contributed by atoms with E-state index >= 15 is 0 Å². The fourth-order valence-electron chi connectivity index (χ4n) is 3.43. The zero-order valence-corrected chi connectivity index (χ0v) is 15.8. The zero-order valence-electron chi connectivity index (χ0n) is 15.0. The molecule has 0 atom stereocenters. The molecule has 142 valence electrons. The molecule has 1 aliphatic rings. The molecule has 0 radical (unpaired) electrons. The fraction of sp³-hybridized carbons (Fsp3) is 0.389. The van der Waals surface area contributed by atoms with Gasteiger partial charge in [-0.25, -0.2) is 18.7 Å². The Kier molecular flexibility index (Phi) is 4.55. The van der Waals surface area contributed by atoms with Gasteiger partial charge >= 0.3 is 0 Å². The van der Waals surface area contributed by atoms with Crippen LogP contribution in [-0.2, 0) is 7.05 Å². The van der Waals surface area contributed by atoms with Crippen LogP contribution < -0.4 is 4.90 Å². The second kappa shape index (κ2) is 6.88. The van der Waals surface area contributed by atoms with Crippen molar-refractivity contribution in [3.63, 3.8) is 0 Å². The van der Waals surface area contributed by atoms with Gasteiger partial charge in [0.25, 0.3) is 5.91 Å². The summed E-state index contributed by atoms with van der Waals surface area (Å²) in [5.41, 5.74) is 0.769. The Morgan fingerprint density at radius 3 is 2.70 bits per heavy atom. The maximum absolute atomic E-state index is 13.9. The van der Waals surface area contributed by atoms with Gasteiger partial charge in [0.2, 0.25) is 0 Å². The van der Waals surface area contributed by atoms with Crippen LogP contribution >= 0.6 is 11.3 Å². The molecule has 6 nitrogen and oxygen atoms in total. The van der Waals surface area contributed by atoms with E-state index in [0.29, 0.717) is 28.6 Å². The summed E-state index contributed by atoms with van der Waals surface area (Å²) in [5, 5.41) is 0.688. The highest BCUT2D eigenvalue weighted by Crippen LogP contribution is 2.33. The van der Waals surface area contributed by atoms with E-state index in [4.69, 9.17) is 0 Å². The number of amides is 1. The Morgan fingerprint density at radius 1 is 1.30 bits per heavy atom. The molecule has 4 rings (SSSR count). The normalized spacial score (nSPS) is 15.5. The molecule has 0 aliphatic carbocycles. The van der Waals surface area contributed by atoms with Crippen LogP contribution in [0.15, 0.2) is 24.7 Å². The highest BCUT2D eigenvalue weighted by atomic mass is 32.1. The van der Waals surface area contributed by atoms with Gasteiger partial charge in [0, 0.05) is 39.3 Å². The minimum atomic E-state index is -0.635. The summed E-state index contributed by atoms with van der Waals surface area (Å²) in [5.74, 6) is -1.28. The molecule has 1 amide bonds. The number of anilines is 1. The lowest BCUT2D eigenvalue weighted by Gasteiger charge is -2.36. The van der Waals surface area contributed by atoms with Crippen LogP contribution in [-0.4, -0.2) is 51.5 Å². The molecule has 1 aliphatic heterocycles. The minimum absolute atomic E-state index is 0.0500. The van der Waals surface area contributed by atoms with Crippen molar-refractivity contribution in [2.24, 2.45) is 7.05 Å². The van der Waals surface area contributed by atoms with Crippen LogP contribution in [0, 0.1) is 11.6 Å². The number of nitrogens with zero attached hydrogens (tertiary/aromatic N) is 5. The first-order chi connectivity index (χ1) is 12.9. The summed E-state index contributed by atoms with van der Waals surface area (Å²) in [7, 11) is 3.61. The van der Waals surface area contributed by atoms with E-state index in [1.54, 1.807) is 29.0 Å². The molecule has 1 fully saturated rings. The Hall–Kier alpha value is -2.55. The van der Waals surface area contributed by atoms with Gasteiger partial charge in [0.1, 0.15) is 17.0 Å². The van der Waals surface area contributed by atoms with Gasteiger partial charge in [0.05, 0.1) is 17.2 Å². The average Bonchev–Trinajstić information content (AvgIpc) is 3.27. The van der Waals surface area contributed by atoms with Crippen LogP contribution in [0.5, 0.6) is 0 Å². The monoisotopic (exact) mass is 391 g/mol. The zero-order chi connectivity index (χ0) is 19.1. The number of piperidine rings is 1. The Labute approximate surface area is 159 Å². The maximum atomic E-state index is 13.9. The fourth-order valence-corrected chi connectivity index (χ4v) is 4.49. The number of aromatic nitrogens is 3. The number of carbonyl (C=O) groups is 1. The Bertz CT molecular complexity index is 993. The predicted octanol–water partition coefficient (Wildman–Crippen LogP) is 3.05. The van der Waals surface area contributed by atoms with Crippen molar-refractivity contribution >= 4 is 32.6 Å². The lowest BCUT2D eigenvalue weighted by molar-refractivity contribution is 0.0699. The van der Waals surface area contributed by atoms with Crippen molar-refractivity contribution in [3.05, 3.63) is 42.0 Å². The third kappa shape index (κ3) is 3.27. The second-order valence-corrected chi connectivity index (χ2v) is 7.76. The summed E-state index contributed by atoms with van der Waals surface area (Å²) < 4.78 is 29.5. The molecule has 0 saturated carbocycles. The van der Waals surface area contributed by atoms with Gasteiger partial charge < -0.3 is 14.4 Å². The highest BCUT2D eigenvalue weighted by Gasteiger charge is 2.28. The van der Waals surface area contributed by atoms with E-state index in [0.717, 1.165) is 18.9 Å². The number of benzene rings is 1. The first-order valence-corrected chi connectivity index (χ1v) is 9.49. The molecule has 1 saturated heterocycles. The van der Waals surface area contributed by atoms with E-state index in [1.165, 1.54) is 17.4 Å². The topological polar surface area (TPSA) is 54.3 Å². The number of hydrogen-bond donors (Lipinski definition) is 0. The summed E-state index contributed by atoms with van der Waals surface area (Å²) in [6, 6.07) is 2.29. The van der Waals surface area contributed by atoms with Gasteiger partial charge in [0.15, 0.2) is 10.9 Å². The molecule has 3 aromatic rings.